The molecule has 0 saturated heterocycles. The molecule has 0 rings (SSSR count). The molecule has 1 atom stereocenters. The Labute approximate surface area is 43.0 Å². The zero-order valence-electron chi connectivity index (χ0n) is 4.32. The smallest absolute Gasteiger partial charge is 0.217 e. The third-order valence-corrected chi connectivity index (χ3v) is 0.639. The van der Waals surface area contributed by atoms with Crippen molar-refractivity contribution in [1.82, 2.24) is 0 Å². The van der Waals surface area contributed by atoms with Gasteiger partial charge in [0.25, 0.3) is 0 Å². The van der Waals surface area contributed by atoms with Crippen molar-refractivity contribution in [3.63, 3.8) is 0 Å². The van der Waals surface area contributed by atoms with Crippen molar-refractivity contribution in [2.45, 2.75) is 19.5 Å². The Kier molecular flexibility index (Phi) is 3.31. The molecule has 40 valence electrons. The maximum atomic E-state index is 11.7. The lowest BCUT2D eigenvalue weighted by Crippen LogP contribution is -1.92. The quantitative estimate of drug-likeness (QED) is 0.466. The lowest BCUT2D eigenvalue weighted by Gasteiger charge is -1.88. The first-order chi connectivity index (χ1) is 3.27. The van der Waals surface area contributed by atoms with Crippen molar-refractivity contribution < 1.29 is 4.39 Å². The number of hydrogen-bond donors (Lipinski definition) is 0. The third kappa shape index (κ3) is 5.42. The molecule has 0 aromatic carbocycles. The van der Waals surface area contributed by atoms with E-state index in [1.807, 2.05) is 0 Å². The molecule has 0 amide bonds. The molecule has 0 saturated carbocycles. The monoisotopic (exact) mass is 101 g/mol. The summed E-state index contributed by atoms with van der Waals surface area (Å²) < 4.78 is 11.7. The summed E-state index contributed by atoms with van der Waals surface area (Å²) in [7, 11) is 0. The molecule has 0 aliphatic heterocycles. The first-order valence-electron chi connectivity index (χ1n) is 2.24. The second kappa shape index (κ2) is 3.60. The van der Waals surface area contributed by atoms with Gasteiger partial charge in [-0.05, 0) is 6.92 Å². The molecule has 7 heavy (non-hydrogen) atoms. The van der Waals surface area contributed by atoms with E-state index < -0.39 is 6.17 Å². The number of rotatable bonds is 2. The van der Waals surface area contributed by atoms with Gasteiger partial charge in [0.2, 0.25) is 6.54 Å². The van der Waals surface area contributed by atoms with Crippen LogP contribution in [0.5, 0.6) is 0 Å². The fourth-order valence-corrected chi connectivity index (χ4v) is 0.242. The van der Waals surface area contributed by atoms with E-state index in [0.29, 0.717) is 13.0 Å². The van der Waals surface area contributed by atoms with Crippen LogP contribution in [0.15, 0.2) is 0 Å². The van der Waals surface area contributed by atoms with Crippen molar-refractivity contribution in [2.75, 3.05) is 6.54 Å². The largest absolute Gasteiger partial charge is 0.317 e. The van der Waals surface area contributed by atoms with Gasteiger partial charge in [0.15, 0.2) is 0 Å². The van der Waals surface area contributed by atoms with E-state index in [1.165, 1.54) is 6.92 Å². The molecule has 1 unspecified atom stereocenters. The molecule has 0 aliphatic carbocycles. The van der Waals surface area contributed by atoms with Crippen LogP contribution in [-0.4, -0.2) is 12.7 Å². The molecule has 0 spiro atoms. The minimum absolute atomic E-state index is 0.317. The highest BCUT2D eigenvalue weighted by atomic mass is 19.1. The number of nitrogens with zero attached hydrogens (tertiary/aromatic N) is 1. The summed E-state index contributed by atoms with van der Waals surface area (Å²) in [6.07, 6.45) is -0.433. The van der Waals surface area contributed by atoms with Crippen LogP contribution in [0.2, 0.25) is 0 Å². The lowest BCUT2D eigenvalue weighted by atomic mass is 10.3. The van der Waals surface area contributed by atoms with Gasteiger partial charge in [0.05, 0.1) is 6.42 Å². The summed E-state index contributed by atoms with van der Waals surface area (Å²) in [6.45, 7) is 8.03. The van der Waals surface area contributed by atoms with Crippen LogP contribution in [0.4, 0.5) is 4.39 Å². The molecule has 0 heterocycles. The topological polar surface area (TPSA) is 4.36 Å². The Bertz CT molecular complexity index is 72.6. The summed E-state index contributed by atoms with van der Waals surface area (Å²) in [5, 5.41) is 0. The molecule has 0 N–H and O–H groups in total. The van der Waals surface area contributed by atoms with E-state index in [-0.39, 0.29) is 0 Å². The van der Waals surface area contributed by atoms with Crippen molar-refractivity contribution >= 4 is 0 Å². The normalized spacial score (nSPS) is 12.7. The summed E-state index contributed by atoms with van der Waals surface area (Å²) in [4.78, 5) is 2.99. The van der Waals surface area contributed by atoms with E-state index in [2.05, 4.69) is 4.85 Å². The fraction of sp³-hybridized carbons (Fsp3) is 0.800. The SMILES string of the molecule is [C-]#[N+]CCC(C)F. The van der Waals surface area contributed by atoms with Gasteiger partial charge >= 0.3 is 0 Å². The van der Waals surface area contributed by atoms with Gasteiger partial charge in [-0.1, -0.05) is 0 Å². The Hall–Kier alpha value is -0.580. The van der Waals surface area contributed by atoms with Crippen molar-refractivity contribution in [1.29, 1.82) is 0 Å². The molecule has 0 bridgehead atoms. The Morgan fingerprint density at radius 1 is 1.86 bits per heavy atom. The van der Waals surface area contributed by atoms with Crippen molar-refractivity contribution in [3.8, 4) is 0 Å². The standard InChI is InChI=1S/C5H8FN/c1-5(6)3-4-7-2/h5H,3-4H2,1H3. The average molecular weight is 101 g/mol. The van der Waals surface area contributed by atoms with E-state index in [4.69, 9.17) is 6.57 Å². The Balaban J connectivity index is 2.86. The van der Waals surface area contributed by atoms with Crippen LogP contribution < -0.4 is 0 Å². The van der Waals surface area contributed by atoms with Gasteiger partial charge in [-0.15, -0.1) is 0 Å². The Morgan fingerprint density at radius 2 is 2.43 bits per heavy atom. The van der Waals surface area contributed by atoms with E-state index in [9.17, 15) is 4.39 Å². The minimum atomic E-state index is -0.811. The van der Waals surface area contributed by atoms with Crippen LogP contribution in [0.3, 0.4) is 0 Å². The molecule has 0 radical (unpaired) electrons. The van der Waals surface area contributed by atoms with Gasteiger partial charge in [-0.2, -0.15) is 0 Å². The van der Waals surface area contributed by atoms with Gasteiger partial charge in [-0.25, -0.2) is 11.0 Å². The first kappa shape index (κ1) is 6.42. The van der Waals surface area contributed by atoms with Crippen molar-refractivity contribution in [3.05, 3.63) is 11.4 Å². The molecule has 0 fully saturated rings. The van der Waals surface area contributed by atoms with Crippen LogP contribution in [0.25, 0.3) is 4.85 Å². The first-order valence-corrected chi connectivity index (χ1v) is 2.24. The average Bonchev–Trinajstić information content (AvgIpc) is 1.61. The highest BCUT2D eigenvalue weighted by Gasteiger charge is 1.96. The van der Waals surface area contributed by atoms with Crippen LogP contribution in [-0.2, 0) is 0 Å². The van der Waals surface area contributed by atoms with Gasteiger partial charge in [0.1, 0.15) is 6.17 Å². The molecular formula is C5H8FN. The predicted octanol–water partition coefficient (Wildman–Crippen LogP) is 1.65. The zero-order chi connectivity index (χ0) is 5.70. The number of hydrogen-bond acceptors (Lipinski definition) is 0. The van der Waals surface area contributed by atoms with E-state index in [1.54, 1.807) is 0 Å². The molecular weight excluding hydrogens is 93.1 g/mol. The molecule has 2 heteroatoms. The highest BCUT2D eigenvalue weighted by Crippen LogP contribution is 1.93. The molecule has 0 aromatic heterocycles. The van der Waals surface area contributed by atoms with E-state index >= 15 is 0 Å². The summed E-state index contributed by atoms with van der Waals surface area (Å²) in [6, 6.07) is 0. The summed E-state index contributed by atoms with van der Waals surface area (Å²) in [5.41, 5.74) is 0. The lowest BCUT2D eigenvalue weighted by molar-refractivity contribution is 0.350. The minimum Gasteiger partial charge on any atom is -0.317 e. The zero-order valence-corrected chi connectivity index (χ0v) is 4.32. The fourth-order valence-electron chi connectivity index (χ4n) is 0.242. The summed E-state index contributed by atoms with van der Waals surface area (Å²) in [5.74, 6) is 0. The third-order valence-electron chi connectivity index (χ3n) is 0.639. The van der Waals surface area contributed by atoms with Crippen LogP contribution in [0.1, 0.15) is 13.3 Å². The predicted molar refractivity (Wildman–Crippen MR) is 26.7 cm³/mol. The Morgan fingerprint density at radius 3 is 2.57 bits per heavy atom. The highest BCUT2D eigenvalue weighted by molar-refractivity contribution is 4.60. The summed E-state index contributed by atoms with van der Waals surface area (Å²) >= 11 is 0. The maximum Gasteiger partial charge on any atom is 0.217 e. The maximum absolute atomic E-state index is 11.7. The molecule has 0 aliphatic rings. The van der Waals surface area contributed by atoms with Gasteiger partial charge in [-0.3, -0.25) is 0 Å². The number of alkyl halides is 1. The van der Waals surface area contributed by atoms with Gasteiger partial charge < -0.3 is 4.85 Å². The van der Waals surface area contributed by atoms with Crippen LogP contribution >= 0.6 is 0 Å². The second-order valence-corrected chi connectivity index (χ2v) is 1.45. The molecule has 1 nitrogen and oxygen atoms in total. The second-order valence-electron chi connectivity index (χ2n) is 1.45. The number of halogens is 1. The van der Waals surface area contributed by atoms with Crippen LogP contribution in [0, 0.1) is 6.57 Å². The van der Waals surface area contributed by atoms with Gasteiger partial charge in [0, 0.05) is 0 Å². The van der Waals surface area contributed by atoms with E-state index in [0.717, 1.165) is 0 Å². The van der Waals surface area contributed by atoms with Crippen molar-refractivity contribution in [2.24, 2.45) is 0 Å². The molecule has 0 aromatic rings.